The standard InChI is InChI=1S/C17H18FN3O5/c1-25-16(23)14-15(17(24)26-2)21(20-19-14)10-4-3-5-13(22)11-6-8-12(18)9-7-11/h6-9H,3-5,10H2,1-2H3. The first-order chi connectivity index (χ1) is 12.5. The van der Waals surface area contributed by atoms with E-state index in [-0.39, 0.29) is 30.1 Å². The SMILES string of the molecule is COC(=O)c1nnn(CCCCC(=O)c2ccc(F)cc2)c1C(=O)OC. The number of aromatic nitrogens is 3. The first-order valence-corrected chi connectivity index (χ1v) is 7.86. The van der Waals surface area contributed by atoms with E-state index in [1.165, 1.54) is 43.2 Å². The van der Waals surface area contributed by atoms with Crippen LogP contribution in [0, 0.1) is 5.82 Å². The summed E-state index contributed by atoms with van der Waals surface area (Å²) in [6.07, 6.45) is 1.29. The molecular weight excluding hydrogens is 345 g/mol. The minimum atomic E-state index is -0.789. The maximum absolute atomic E-state index is 12.9. The van der Waals surface area contributed by atoms with Crippen molar-refractivity contribution in [1.82, 2.24) is 15.0 Å². The Morgan fingerprint density at radius 3 is 2.31 bits per heavy atom. The lowest BCUT2D eigenvalue weighted by Gasteiger charge is -2.06. The summed E-state index contributed by atoms with van der Waals surface area (Å²) in [5.41, 5.74) is 0.126. The normalized spacial score (nSPS) is 10.4. The summed E-state index contributed by atoms with van der Waals surface area (Å²) in [7, 11) is 2.35. The van der Waals surface area contributed by atoms with Crippen molar-refractivity contribution >= 4 is 17.7 Å². The van der Waals surface area contributed by atoms with Crippen LogP contribution < -0.4 is 0 Å². The van der Waals surface area contributed by atoms with Crippen molar-refractivity contribution in [2.45, 2.75) is 25.8 Å². The number of halogens is 1. The van der Waals surface area contributed by atoms with Crippen molar-refractivity contribution < 1.29 is 28.2 Å². The molecule has 0 atom stereocenters. The van der Waals surface area contributed by atoms with Gasteiger partial charge in [-0.2, -0.15) is 0 Å². The van der Waals surface area contributed by atoms with E-state index >= 15 is 0 Å². The minimum Gasteiger partial charge on any atom is -0.464 e. The fourth-order valence-electron chi connectivity index (χ4n) is 2.33. The molecule has 1 aromatic carbocycles. The molecule has 2 rings (SSSR count). The number of rotatable bonds is 8. The Bertz CT molecular complexity index is 801. The van der Waals surface area contributed by atoms with E-state index in [2.05, 4.69) is 19.8 Å². The smallest absolute Gasteiger partial charge is 0.361 e. The van der Waals surface area contributed by atoms with Gasteiger partial charge in [0.2, 0.25) is 5.69 Å². The number of aryl methyl sites for hydroxylation is 1. The largest absolute Gasteiger partial charge is 0.464 e. The molecular formula is C17H18FN3O5. The number of carbonyl (C=O) groups is 3. The van der Waals surface area contributed by atoms with Gasteiger partial charge in [0.25, 0.3) is 0 Å². The van der Waals surface area contributed by atoms with Crippen molar-refractivity contribution in [1.29, 1.82) is 0 Å². The lowest BCUT2D eigenvalue weighted by Crippen LogP contribution is -2.16. The topological polar surface area (TPSA) is 100 Å². The number of ketones is 1. The van der Waals surface area contributed by atoms with Crippen LogP contribution in [0.2, 0.25) is 0 Å². The highest BCUT2D eigenvalue weighted by atomic mass is 19.1. The Hall–Kier alpha value is -3.10. The fraction of sp³-hybridized carbons (Fsp3) is 0.353. The lowest BCUT2D eigenvalue weighted by atomic mass is 10.1. The van der Waals surface area contributed by atoms with Gasteiger partial charge in [-0.25, -0.2) is 18.7 Å². The molecule has 26 heavy (non-hydrogen) atoms. The first kappa shape index (κ1) is 19.2. The van der Waals surface area contributed by atoms with Crippen molar-refractivity contribution in [3.8, 4) is 0 Å². The Morgan fingerprint density at radius 1 is 1.04 bits per heavy atom. The summed E-state index contributed by atoms with van der Waals surface area (Å²) < 4.78 is 23.3. The number of hydrogen-bond acceptors (Lipinski definition) is 7. The Kier molecular flexibility index (Phi) is 6.54. The van der Waals surface area contributed by atoms with Crippen molar-refractivity contribution in [3.05, 3.63) is 47.0 Å². The van der Waals surface area contributed by atoms with E-state index in [1.54, 1.807) is 0 Å². The van der Waals surface area contributed by atoms with E-state index in [1.807, 2.05) is 0 Å². The third-order valence-corrected chi connectivity index (χ3v) is 3.68. The second-order valence-corrected chi connectivity index (χ2v) is 5.38. The lowest BCUT2D eigenvalue weighted by molar-refractivity contribution is 0.0543. The molecule has 0 bridgehead atoms. The van der Waals surface area contributed by atoms with Gasteiger partial charge in [0, 0.05) is 18.5 Å². The predicted octanol–water partition coefficient (Wildman–Crippen LogP) is 2.04. The predicted molar refractivity (Wildman–Crippen MR) is 87.3 cm³/mol. The second kappa shape index (κ2) is 8.84. The molecule has 0 amide bonds. The molecule has 8 nitrogen and oxygen atoms in total. The molecule has 0 N–H and O–H groups in total. The number of benzene rings is 1. The number of unbranched alkanes of at least 4 members (excludes halogenated alkanes) is 1. The molecule has 0 spiro atoms. The van der Waals surface area contributed by atoms with Crippen LogP contribution in [0.4, 0.5) is 4.39 Å². The minimum absolute atomic E-state index is 0.0933. The van der Waals surface area contributed by atoms with E-state index in [9.17, 15) is 18.8 Å². The molecule has 0 aliphatic carbocycles. The third kappa shape index (κ3) is 4.50. The van der Waals surface area contributed by atoms with Crippen molar-refractivity contribution in [2.24, 2.45) is 0 Å². The highest BCUT2D eigenvalue weighted by molar-refractivity contribution is 6.00. The maximum Gasteiger partial charge on any atom is 0.361 e. The summed E-state index contributed by atoms with van der Waals surface area (Å²) in [5, 5.41) is 7.44. The van der Waals surface area contributed by atoms with E-state index in [0.29, 0.717) is 18.4 Å². The van der Waals surface area contributed by atoms with Gasteiger partial charge in [0.05, 0.1) is 14.2 Å². The van der Waals surface area contributed by atoms with Crippen LogP contribution in [0.5, 0.6) is 0 Å². The van der Waals surface area contributed by atoms with Crippen LogP contribution in [0.1, 0.15) is 50.6 Å². The van der Waals surface area contributed by atoms with Crippen molar-refractivity contribution in [3.63, 3.8) is 0 Å². The van der Waals surface area contributed by atoms with Gasteiger partial charge in [-0.1, -0.05) is 5.21 Å². The first-order valence-electron chi connectivity index (χ1n) is 7.86. The van der Waals surface area contributed by atoms with Gasteiger partial charge in [0.15, 0.2) is 11.5 Å². The number of methoxy groups -OCH3 is 2. The third-order valence-electron chi connectivity index (χ3n) is 3.68. The van der Waals surface area contributed by atoms with Gasteiger partial charge < -0.3 is 9.47 Å². The van der Waals surface area contributed by atoms with Crippen LogP contribution in [0.15, 0.2) is 24.3 Å². The van der Waals surface area contributed by atoms with E-state index in [0.717, 1.165) is 0 Å². The summed E-state index contributed by atoms with van der Waals surface area (Å²) in [6.45, 7) is 0.269. The quantitative estimate of drug-likeness (QED) is 0.402. The van der Waals surface area contributed by atoms with Gasteiger partial charge in [-0.05, 0) is 37.1 Å². The van der Waals surface area contributed by atoms with Crippen LogP contribution >= 0.6 is 0 Å². The number of carbonyl (C=O) groups excluding carboxylic acids is 3. The van der Waals surface area contributed by atoms with Crippen LogP contribution in [-0.4, -0.2) is 46.9 Å². The van der Waals surface area contributed by atoms with Crippen LogP contribution in [0.3, 0.4) is 0 Å². The second-order valence-electron chi connectivity index (χ2n) is 5.38. The van der Waals surface area contributed by atoms with Gasteiger partial charge in [0.1, 0.15) is 5.82 Å². The molecule has 0 saturated heterocycles. The van der Waals surface area contributed by atoms with Crippen LogP contribution in [0.25, 0.3) is 0 Å². The molecule has 1 heterocycles. The highest BCUT2D eigenvalue weighted by Crippen LogP contribution is 2.12. The average Bonchev–Trinajstić information content (AvgIpc) is 3.08. The van der Waals surface area contributed by atoms with Gasteiger partial charge in [-0.15, -0.1) is 5.10 Å². The van der Waals surface area contributed by atoms with E-state index in [4.69, 9.17) is 0 Å². The molecule has 9 heteroatoms. The number of esters is 2. The molecule has 1 aromatic heterocycles. The van der Waals surface area contributed by atoms with E-state index < -0.39 is 17.8 Å². The van der Waals surface area contributed by atoms with Gasteiger partial charge >= 0.3 is 11.9 Å². The Morgan fingerprint density at radius 2 is 1.69 bits per heavy atom. The summed E-state index contributed by atoms with van der Waals surface area (Å²) in [5.74, 6) is -2.04. The highest BCUT2D eigenvalue weighted by Gasteiger charge is 2.26. The summed E-state index contributed by atoms with van der Waals surface area (Å²) in [6, 6.07) is 5.35. The molecule has 138 valence electrons. The van der Waals surface area contributed by atoms with Crippen LogP contribution in [-0.2, 0) is 16.0 Å². The number of nitrogens with zero attached hydrogens (tertiary/aromatic N) is 3. The molecule has 0 aliphatic rings. The summed E-state index contributed by atoms with van der Waals surface area (Å²) in [4.78, 5) is 35.6. The zero-order valence-electron chi connectivity index (χ0n) is 14.4. The molecule has 0 unspecified atom stereocenters. The molecule has 0 radical (unpaired) electrons. The van der Waals surface area contributed by atoms with Gasteiger partial charge in [-0.3, -0.25) is 4.79 Å². The molecule has 0 fully saturated rings. The average molecular weight is 363 g/mol. The Balaban J connectivity index is 1.96. The fourth-order valence-corrected chi connectivity index (χ4v) is 2.33. The number of Topliss-reactive ketones (excluding diaryl/α,β-unsaturated/α-hetero) is 1. The Labute approximate surface area is 148 Å². The monoisotopic (exact) mass is 363 g/mol. The zero-order valence-corrected chi connectivity index (χ0v) is 14.4. The number of ether oxygens (including phenoxy) is 2. The molecule has 2 aromatic rings. The maximum atomic E-state index is 12.9. The molecule has 0 saturated carbocycles. The van der Waals surface area contributed by atoms with Crippen molar-refractivity contribution in [2.75, 3.05) is 14.2 Å². The zero-order chi connectivity index (χ0) is 19.1. The molecule has 0 aliphatic heterocycles. The summed E-state index contributed by atoms with van der Waals surface area (Å²) >= 11 is 0. The number of hydrogen-bond donors (Lipinski definition) is 0.